The molecule has 0 radical (unpaired) electrons. The van der Waals surface area contributed by atoms with Gasteiger partial charge in [0.15, 0.2) is 0 Å². The standard InChI is InChI=1S/2C4H8O2/c2*1-2-3-4(5)6/h2*2-3H2,1H3,(H,5,6). The van der Waals surface area contributed by atoms with Crippen LogP contribution in [-0.4, -0.2) is 22.2 Å². The highest BCUT2D eigenvalue weighted by Gasteiger charge is 1.88. The maximum absolute atomic E-state index is 9.60. The van der Waals surface area contributed by atoms with Crippen LogP contribution in [0, 0.1) is 0 Å². The van der Waals surface area contributed by atoms with Gasteiger partial charge in [0.1, 0.15) is 0 Å². The molecule has 0 aliphatic rings. The zero-order chi connectivity index (χ0) is 9.98. The van der Waals surface area contributed by atoms with Crippen LogP contribution in [0.5, 0.6) is 0 Å². The van der Waals surface area contributed by atoms with Crippen molar-refractivity contribution in [3.63, 3.8) is 0 Å². The lowest BCUT2D eigenvalue weighted by Crippen LogP contribution is -1.90. The summed E-state index contributed by atoms with van der Waals surface area (Å²) in [5, 5.41) is 15.8. The summed E-state index contributed by atoms with van der Waals surface area (Å²) in [6, 6.07) is 0. The van der Waals surface area contributed by atoms with Gasteiger partial charge in [-0.2, -0.15) is 0 Å². The van der Waals surface area contributed by atoms with Crippen molar-refractivity contribution < 1.29 is 19.8 Å². The molecule has 4 nitrogen and oxygen atoms in total. The zero-order valence-corrected chi connectivity index (χ0v) is 7.54. The van der Waals surface area contributed by atoms with E-state index < -0.39 is 11.9 Å². The minimum Gasteiger partial charge on any atom is -0.481 e. The molecule has 0 spiro atoms. The van der Waals surface area contributed by atoms with E-state index in [1.807, 2.05) is 13.8 Å². The quantitative estimate of drug-likeness (QED) is 0.684. The highest BCUT2D eigenvalue weighted by atomic mass is 16.4. The lowest BCUT2D eigenvalue weighted by atomic mass is 10.4. The van der Waals surface area contributed by atoms with Crippen LogP contribution in [0.4, 0.5) is 0 Å². The van der Waals surface area contributed by atoms with Crippen molar-refractivity contribution in [2.75, 3.05) is 0 Å². The van der Waals surface area contributed by atoms with E-state index in [2.05, 4.69) is 0 Å². The van der Waals surface area contributed by atoms with Crippen LogP contribution in [0.1, 0.15) is 39.5 Å². The zero-order valence-electron chi connectivity index (χ0n) is 7.54. The number of carboxylic acid groups (broad SMARTS) is 2. The van der Waals surface area contributed by atoms with E-state index in [4.69, 9.17) is 10.2 Å². The molecule has 0 aliphatic carbocycles. The van der Waals surface area contributed by atoms with E-state index in [9.17, 15) is 9.59 Å². The number of carboxylic acids is 2. The molecular weight excluding hydrogens is 160 g/mol. The first-order valence-corrected chi connectivity index (χ1v) is 3.98. The minimum atomic E-state index is -0.711. The molecule has 0 aromatic heterocycles. The van der Waals surface area contributed by atoms with Gasteiger partial charge < -0.3 is 10.2 Å². The largest absolute Gasteiger partial charge is 0.481 e. The summed E-state index contributed by atoms with van der Waals surface area (Å²) < 4.78 is 0. The van der Waals surface area contributed by atoms with Gasteiger partial charge in [-0.05, 0) is 12.8 Å². The van der Waals surface area contributed by atoms with E-state index in [1.165, 1.54) is 0 Å². The van der Waals surface area contributed by atoms with Crippen molar-refractivity contribution in [1.82, 2.24) is 0 Å². The Kier molecular flexibility index (Phi) is 11.2. The second-order valence-electron chi connectivity index (χ2n) is 2.29. The fourth-order valence-corrected chi connectivity index (χ4v) is 0.428. The highest BCUT2D eigenvalue weighted by Crippen LogP contribution is 1.82. The summed E-state index contributed by atoms with van der Waals surface area (Å²) in [4.78, 5) is 19.2. The number of aliphatic carboxylic acids is 2. The molecule has 0 heterocycles. The molecule has 4 heteroatoms. The van der Waals surface area contributed by atoms with Crippen molar-refractivity contribution in [3.8, 4) is 0 Å². The number of rotatable bonds is 4. The molecule has 0 aromatic carbocycles. The Morgan fingerprint density at radius 1 is 0.917 bits per heavy atom. The fourth-order valence-electron chi connectivity index (χ4n) is 0.428. The van der Waals surface area contributed by atoms with Crippen LogP contribution in [0.2, 0.25) is 0 Å². The molecule has 0 unspecified atom stereocenters. The molecule has 0 atom stereocenters. The van der Waals surface area contributed by atoms with Crippen LogP contribution < -0.4 is 0 Å². The molecule has 0 fully saturated rings. The third-order valence-corrected chi connectivity index (χ3v) is 0.928. The summed E-state index contributed by atoms with van der Waals surface area (Å²) in [5.41, 5.74) is 0. The van der Waals surface area contributed by atoms with Gasteiger partial charge in [-0.15, -0.1) is 0 Å². The predicted molar refractivity (Wildman–Crippen MR) is 45.1 cm³/mol. The first-order valence-electron chi connectivity index (χ1n) is 3.98. The molecule has 2 N–H and O–H groups in total. The van der Waals surface area contributed by atoms with Crippen LogP contribution in [-0.2, 0) is 9.59 Å². The fraction of sp³-hybridized carbons (Fsp3) is 0.750. The normalized spacial score (nSPS) is 8.17. The van der Waals surface area contributed by atoms with E-state index in [0.29, 0.717) is 12.8 Å². The number of carbonyl (C=O) groups is 2. The molecule has 0 aliphatic heterocycles. The first kappa shape index (κ1) is 13.5. The minimum absolute atomic E-state index is 0.292. The first-order chi connectivity index (χ1) is 5.54. The topological polar surface area (TPSA) is 74.6 Å². The Balaban J connectivity index is 0. The average Bonchev–Trinajstić information content (AvgIpc) is 1.87. The van der Waals surface area contributed by atoms with Gasteiger partial charge in [0.2, 0.25) is 0 Å². The summed E-state index contributed by atoms with van der Waals surface area (Å²) in [6.45, 7) is 3.68. The van der Waals surface area contributed by atoms with Crippen molar-refractivity contribution >= 4 is 11.9 Å². The summed E-state index contributed by atoms with van der Waals surface area (Å²) >= 11 is 0. The Bertz CT molecular complexity index is 115. The summed E-state index contributed by atoms with van der Waals surface area (Å²) in [5.74, 6) is -1.42. The van der Waals surface area contributed by atoms with E-state index in [-0.39, 0.29) is 0 Å². The number of hydrogen-bond acceptors (Lipinski definition) is 2. The molecule has 0 aromatic rings. The average molecular weight is 176 g/mol. The van der Waals surface area contributed by atoms with Gasteiger partial charge in [-0.25, -0.2) is 0 Å². The van der Waals surface area contributed by atoms with Crippen LogP contribution >= 0.6 is 0 Å². The molecule has 72 valence electrons. The highest BCUT2D eigenvalue weighted by molar-refractivity contribution is 5.66. The molecule has 0 saturated heterocycles. The molecule has 0 saturated carbocycles. The maximum Gasteiger partial charge on any atom is 0.303 e. The number of hydrogen-bond donors (Lipinski definition) is 2. The Hall–Kier alpha value is -1.06. The third-order valence-electron chi connectivity index (χ3n) is 0.928. The smallest absolute Gasteiger partial charge is 0.303 e. The van der Waals surface area contributed by atoms with Crippen LogP contribution in [0.25, 0.3) is 0 Å². The van der Waals surface area contributed by atoms with Gasteiger partial charge in [0, 0.05) is 12.8 Å². The molecule has 12 heavy (non-hydrogen) atoms. The van der Waals surface area contributed by atoms with Gasteiger partial charge in [-0.1, -0.05) is 13.8 Å². The van der Waals surface area contributed by atoms with Gasteiger partial charge in [0.25, 0.3) is 0 Å². The Morgan fingerprint density at radius 3 is 1.17 bits per heavy atom. The lowest BCUT2D eigenvalue weighted by molar-refractivity contribution is -0.138. The molecule has 0 rings (SSSR count). The Labute approximate surface area is 72.2 Å². The second-order valence-corrected chi connectivity index (χ2v) is 2.29. The van der Waals surface area contributed by atoms with Crippen molar-refractivity contribution in [2.45, 2.75) is 39.5 Å². The van der Waals surface area contributed by atoms with Crippen LogP contribution in [0.3, 0.4) is 0 Å². The molecule has 0 bridgehead atoms. The van der Waals surface area contributed by atoms with Gasteiger partial charge >= 0.3 is 11.9 Å². The predicted octanol–water partition coefficient (Wildman–Crippen LogP) is 1.74. The van der Waals surface area contributed by atoms with Crippen molar-refractivity contribution in [1.29, 1.82) is 0 Å². The SMILES string of the molecule is CCCC(=O)O.CCCC(=O)O. The molecular formula is C8H16O4. The van der Waals surface area contributed by atoms with Crippen LogP contribution in [0.15, 0.2) is 0 Å². The van der Waals surface area contributed by atoms with Gasteiger partial charge in [0.05, 0.1) is 0 Å². The van der Waals surface area contributed by atoms with E-state index >= 15 is 0 Å². The second kappa shape index (κ2) is 9.94. The maximum atomic E-state index is 9.60. The third kappa shape index (κ3) is 23.1. The summed E-state index contributed by atoms with van der Waals surface area (Å²) in [7, 11) is 0. The summed E-state index contributed by atoms with van der Waals surface area (Å²) in [6.07, 6.45) is 2.05. The van der Waals surface area contributed by atoms with Crippen molar-refractivity contribution in [2.24, 2.45) is 0 Å². The van der Waals surface area contributed by atoms with Crippen molar-refractivity contribution in [3.05, 3.63) is 0 Å². The lowest BCUT2D eigenvalue weighted by Gasteiger charge is -1.79. The van der Waals surface area contributed by atoms with Gasteiger partial charge in [-0.3, -0.25) is 9.59 Å². The Morgan fingerprint density at radius 2 is 1.17 bits per heavy atom. The van der Waals surface area contributed by atoms with E-state index in [1.54, 1.807) is 0 Å². The monoisotopic (exact) mass is 176 g/mol. The van der Waals surface area contributed by atoms with E-state index in [0.717, 1.165) is 12.8 Å². The molecule has 0 amide bonds.